The summed E-state index contributed by atoms with van der Waals surface area (Å²) in [4.78, 5) is 0. The fourth-order valence-electron chi connectivity index (χ4n) is 3.32. The summed E-state index contributed by atoms with van der Waals surface area (Å²) in [7, 11) is 0. The molecule has 1 aliphatic rings. The van der Waals surface area contributed by atoms with E-state index in [1.165, 1.54) is 42.0 Å². The Morgan fingerprint density at radius 2 is 1.80 bits per heavy atom. The third-order valence-electron chi connectivity index (χ3n) is 4.50. The van der Waals surface area contributed by atoms with E-state index in [0.717, 1.165) is 13.0 Å². The molecule has 1 aliphatic carbocycles. The van der Waals surface area contributed by atoms with Crippen LogP contribution in [0.15, 0.2) is 42.5 Å². The zero-order valence-electron chi connectivity index (χ0n) is 12.0. The summed E-state index contributed by atoms with van der Waals surface area (Å²) >= 11 is 0. The molecule has 2 atom stereocenters. The average molecular weight is 268 g/mol. The molecule has 0 heterocycles. The highest BCUT2D eigenvalue weighted by Crippen LogP contribution is 2.19. The van der Waals surface area contributed by atoms with Crippen LogP contribution in [0, 0.1) is 0 Å². The summed E-state index contributed by atoms with van der Waals surface area (Å²) in [6, 6.07) is 16.1. The molecule has 2 heteroatoms. The molecule has 2 aromatic carbocycles. The van der Waals surface area contributed by atoms with Crippen molar-refractivity contribution >= 4 is 10.8 Å². The van der Waals surface area contributed by atoms with Crippen LogP contribution in [-0.4, -0.2) is 18.6 Å². The lowest BCUT2D eigenvalue weighted by molar-refractivity contribution is 0.329. The molecule has 0 radical (unpaired) electrons. The van der Waals surface area contributed by atoms with E-state index in [9.17, 15) is 0 Å². The van der Waals surface area contributed by atoms with Crippen molar-refractivity contribution in [3.63, 3.8) is 0 Å². The van der Waals surface area contributed by atoms with Crippen LogP contribution in [0.1, 0.15) is 31.2 Å². The Labute approximate surface area is 121 Å². The Bertz CT molecular complexity index is 559. The molecule has 0 amide bonds. The highest BCUT2D eigenvalue weighted by atomic mass is 14.9. The van der Waals surface area contributed by atoms with Gasteiger partial charge in [-0.3, -0.25) is 0 Å². The SMILES string of the molecule is NC1CCCCC1NCCc1cccc2ccccc12. The van der Waals surface area contributed by atoms with Crippen LogP contribution in [0.25, 0.3) is 10.8 Å². The maximum atomic E-state index is 6.19. The van der Waals surface area contributed by atoms with Gasteiger partial charge < -0.3 is 11.1 Å². The molecule has 0 aliphatic heterocycles. The van der Waals surface area contributed by atoms with Gasteiger partial charge in [-0.15, -0.1) is 0 Å². The van der Waals surface area contributed by atoms with E-state index in [-0.39, 0.29) is 0 Å². The van der Waals surface area contributed by atoms with Gasteiger partial charge >= 0.3 is 0 Å². The Morgan fingerprint density at radius 3 is 2.70 bits per heavy atom. The zero-order valence-corrected chi connectivity index (χ0v) is 12.0. The average Bonchev–Trinajstić information content (AvgIpc) is 2.49. The van der Waals surface area contributed by atoms with Gasteiger partial charge in [0.05, 0.1) is 0 Å². The van der Waals surface area contributed by atoms with E-state index in [2.05, 4.69) is 47.8 Å². The van der Waals surface area contributed by atoms with Crippen molar-refractivity contribution in [2.75, 3.05) is 6.54 Å². The first-order chi connectivity index (χ1) is 9.84. The number of nitrogens with one attached hydrogen (secondary N) is 1. The molecule has 2 nitrogen and oxygen atoms in total. The fraction of sp³-hybridized carbons (Fsp3) is 0.444. The lowest BCUT2D eigenvalue weighted by atomic mass is 9.91. The van der Waals surface area contributed by atoms with Crippen LogP contribution >= 0.6 is 0 Å². The lowest BCUT2D eigenvalue weighted by Gasteiger charge is -2.29. The minimum atomic E-state index is 0.344. The van der Waals surface area contributed by atoms with Gasteiger partial charge in [0.2, 0.25) is 0 Å². The third-order valence-corrected chi connectivity index (χ3v) is 4.50. The van der Waals surface area contributed by atoms with Crippen LogP contribution in [0.5, 0.6) is 0 Å². The van der Waals surface area contributed by atoms with Crippen molar-refractivity contribution in [2.24, 2.45) is 5.73 Å². The molecule has 2 aromatic rings. The third kappa shape index (κ3) is 3.02. The zero-order chi connectivity index (χ0) is 13.8. The van der Waals surface area contributed by atoms with Gasteiger partial charge in [0.1, 0.15) is 0 Å². The molecule has 2 unspecified atom stereocenters. The number of hydrogen-bond acceptors (Lipinski definition) is 2. The fourth-order valence-corrected chi connectivity index (χ4v) is 3.32. The van der Waals surface area contributed by atoms with Crippen LogP contribution in [-0.2, 0) is 6.42 Å². The first-order valence-corrected chi connectivity index (χ1v) is 7.80. The quantitative estimate of drug-likeness (QED) is 0.893. The predicted octanol–water partition coefficient (Wildman–Crippen LogP) is 3.24. The highest BCUT2D eigenvalue weighted by molar-refractivity contribution is 5.85. The molecule has 3 N–H and O–H groups in total. The Balaban J connectivity index is 1.62. The standard InChI is InChI=1S/C18H24N2/c19-17-10-3-4-11-18(17)20-13-12-15-8-5-7-14-6-1-2-9-16(14)15/h1-2,5-9,17-18,20H,3-4,10-13,19H2. The lowest BCUT2D eigenvalue weighted by Crippen LogP contribution is -2.47. The first-order valence-electron chi connectivity index (χ1n) is 7.80. The molecule has 1 fully saturated rings. The second kappa shape index (κ2) is 6.38. The van der Waals surface area contributed by atoms with Gasteiger partial charge in [0.25, 0.3) is 0 Å². The van der Waals surface area contributed by atoms with Gasteiger partial charge in [-0.25, -0.2) is 0 Å². The number of hydrogen-bond donors (Lipinski definition) is 2. The van der Waals surface area contributed by atoms with E-state index in [1.54, 1.807) is 0 Å². The number of nitrogens with two attached hydrogens (primary N) is 1. The first kappa shape index (κ1) is 13.6. The van der Waals surface area contributed by atoms with Gasteiger partial charge in [-0.1, -0.05) is 55.3 Å². The molecule has 0 bridgehead atoms. The number of benzene rings is 2. The predicted molar refractivity (Wildman–Crippen MR) is 85.9 cm³/mol. The van der Waals surface area contributed by atoms with Crippen LogP contribution < -0.4 is 11.1 Å². The van der Waals surface area contributed by atoms with Crippen molar-refractivity contribution in [3.05, 3.63) is 48.0 Å². The normalized spacial score (nSPS) is 23.1. The molecule has 20 heavy (non-hydrogen) atoms. The van der Waals surface area contributed by atoms with Gasteiger partial charge in [0.15, 0.2) is 0 Å². The molecule has 0 aromatic heterocycles. The highest BCUT2D eigenvalue weighted by Gasteiger charge is 2.20. The monoisotopic (exact) mass is 268 g/mol. The molecular formula is C18H24N2. The minimum Gasteiger partial charge on any atom is -0.326 e. The Kier molecular flexibility index (Phi) is 4.34. The van der Waals surface area contributed by atoms with Gasteiger partial charge in [-0.2, -0.15) is 0 Å². The molecule has 0 saturated heterocycles. The largest absolute Gasteiger partial charge is 0.326 e. The molecule has 3 rings (SSSR count). The van der Waals surface area contributed by atoms with Crippen LogP contribution in [0.4, 0.5) is 0 Å². The van der Waals surface area contributed by atoms with E-state index < -0.39 is 0 Å². The number of rotatable bonds is 4. The topological polar surface area (TPSA) is 38.0 Å². The van der Waals surface area contributed by atoms with Crippen molar-refractivity contribution in [1.29, 1.82) is 0 Å². The molecule has 1 saturated carbocycles. The van der Waals surface area contributed by atoms with Crippen LogP contribution in [0.2, 0.25) is 0 Å². The Hall–Kier alpha value is -1.38. The van der Waals surface area contributed by atoms with Gasteiger partial charge in [0, 0.05) is 12.1 Å². The minimum absolute atomic E-state index is 0.344. The van der Waals surface area contributed by atoms with Crippen molar-refractivity contribution in [2.45, 2.75) is 44.2 Å². The molecule has 0 spiro atoms. The van der Waals surface area contributed by atoms with E-state index in [0.29, 0.717) is 12.1 Å². The number of fused-ring (bicyclic) bond motifs is 1. The smallest absolute Gasteiger partial charge is 0.0219 e. The van der Waals surface area contributed by atoms with E-state index in [4.69, 9.17) is 5.73 Å². The maximum absolute atomic E-state index is 6.19. The van der Waals surface area contributed by atoms with Crippen molar-refractivity contribution in [3.8, 4) is 0 Å². The van der Waals surface area contributed by atoms with Crippen molar-refractivity contribution < 1.29 is 0 Å². The second-order valence-electron chi connectivity index (χ2n) is 5.90. The van der Waals surface area contributed by atoms with E-state index in [1.807, 2.05) is 0 Å². The second-order valence-corrected chi connectivity index (χ2v) is 5.90. The van der Waals surface area contributed by atoms with Crippen molar-refractivity contribution in [1.82, 2.24) is 5.32 Å². The Morgan fingerprint density at radius 1 is 1.00 bits per heavy atom. The van der Waals surface area contributed by atoms with Gasteiger partial charge in [-0.05, 0) is 42.1 Å². The summed E-state index contributed by atoms with van der Waals surface area (Å²) < 4.78 is 0. The van der Waals surface area contributed by atoms with Crippen LogP contribution in [0.3, 0.4) is 0 Å². The summed E-state index contributed by atoms with van der Waals surface area (Å²) in [5.41, 5.74) is 7.62. The maximum Gasteiger partial charge on any atom is 0.0219 e. The summed E-state index contributed by atoms with van der Waals surface area (Å²) in [5, 5.41) is 6.37. The molecular weight excluding hydrogens is 244 g/mol. The van der Waals surface area contributed by atoms with E-state index >= 15 is 0 Å². The summed E-state index contributed by atoms with van der Waals surface area (Å²) in [5.74, 6) is 0. The summed E-state index contributed by atoms with van der Waals surface area (Å²) in [6.07, 6.45) is 6.09. The molecule has 106 valence electrons. The summed E-state index contributed by atoms with van der Waals surface area (Å²) in [6.45, 7) is 1.02.